The first-order valence-electron chi connectivity index (χ1n) is 10.7. The fraction of sp³-hybridized carbons (Fsp3) is 0.308. The maximum absolute atomic E-state index is 12.8. The van der Waals surface area contributed by atoms with Crippen LogP contribution in [0, 0.1) is 6.92 Å². The van der Waals surface area contributed by atoms with Gasteiger partial charge < -0.3 is 19.5 Å². The zero-order valence-corrected chi connectivity index (χ0v) is 19.2. The number of benzene rings is 2. The Balaban J connectivity index is 1.67. The Morgan fingerprint density at radius 1 is 0.969 bits per heavy atom. The Labute approximate surface area is 189 Å². The second kappa shape index (κ2) is 10.8. The molecule has 1 amide bonds. The number of anilines is 1. The number of amides is 1. The molecule has 0 saturated carbocycles. The standard InChI is InChI=1S/C26H30N2O4/c1-17(2)31-18(3)14-21-12-13-25(19(4)27-21)26(29)28-20-8-6-10-23(15-20)32-24-11-7-9-22(16-24)30-5/h6-13,15-18H,14H2,1-5H3,(H,28,29). The van der Waals surface area contributed by atoms with Crippen molar-refractivity contribution < 1.29 is 19.0 Å². The predicted octanol–water partition coefficient (Wildman–Crippen LogP) is 5.80. The maximum atomic E-state index is 12.8. The van der Waals surface area contributed by atoms with Gasteiger partial charge in [-0.1, -0.05) is 12.1 Å². The maximum Gasteiger partial charge on any atom is 0.257 e. The van der Waals surface area contributed by atoms with Gasteiger partial charge in [0, 0.05) is 29.9 Å². The minimum atomic E-state index is -0.216. The lowest BCUT2D eigenvalue weighted by Gasteiger charge is -2.16. The van der Waals surface area contributed by atoms with Crippen LogP contribution in [0.3, 0.4) is 0 Å². The Kier molecular flexibility index (Phi) is 7.84. The third-order valence-electron chi connectivity index (χ3n) is 4.76. The third kappa shape index (κ3) is 6.56. The second-order valence-corrected chi connectivity index (χ2v) is 7.90. The molecule has 1 unspecified atom stereocenters. The van der Waals surface area contributed by atoms with Gasteiger partial charge in [-0.15, -0.1) is 0 Å². The fourth-order valence-corrected chi connectivity index (χ4v) is 3.41. The predicted molar refractivity (Wildman–Crippen MR) is 126 cm³/mol. The number of rotatable bonds is 9. The normalized spacial score (nSPS) is 11.8. The molecule has 0 aliphatic heterocycles. The highest BCUT2D eigenvalue weighted by Gasteiger charge is 2.14. The quantitative estimate of drug-likeness (QED) is 0.461. The number of carbonyl (C=O) groups excluding carboxylic acids is 1. The highest BCUT2D eigenvalue weighted by molar-refractivity contribution is 6.05. The van der Waals surface area contributed by atoms with Gasteiger partial charge in [-0.05, 0) is 64.1 Å². The van der Waals surface area contributed by atoms with Gasteiger partial charge in [-0.3, -0.25) is 9.78 Å². The van der Waals surface area contributed by atoms with Gasteiger partial charge in [0.1, 0.15) is 17.2 Å². The molecular formula is C26H30N2O4. The highest BCUT2D eigenvalue weighted by atomic mass is 16.5. The Morgan fingerprint density at radius 2 is 1.66 bits per heavy atom. The molecule has 1 atom stereocenters. The van der Waals surface area contributed by atoms with E-state index in [1.54, 1.807) is 19.2 Å². The molecule has 0 saturated heterocycles. The molecule has 1 heterocycles. The molecule has 2 aromatic carbocycles. The zero-order valence-electron chi connectivity index (χ0n) is 19.2. The summed E-state index contributed by atoms with van der Waals surface area (Å²) in [6.45, 7) is 7.89. The van der Waals surface area contributed by atoms with Gasteiger partial charge in [0.25, 0.3) is 5.91 Å². The van der Waals surface area contributed by atoms with Crippen LogP contribution in [0.5, 0.6) is 17.2 Å². The van der Waals surface area contributed by atoms with Crippen molar-refractivity contribution in [3.63, 3.8) is 0 Å². The summed E-state index contributed by atoms with van der Waals surface area (Å²) in [5.74, 6) is 1.76. The van der Waals surface area contributed by atoms with Gasteiger partial charge in [0.2, 0.25) is 0 Å². The van der Waals surface area contributed by atoms with Gasteiger partial charge in [0.15, 0.2) is 0 Å². The topological polar surface area (TPSA) is 69.7 Å². The van der Waals surface area contributed by atoms with Crippen LogP contribution < -0.4 is 14.8 Å². The zero-order chi connectivity index (χ0) is 23.1. The number of pyridine rings is 1. The molecule has 3 aromatic rings. The summed E-state index contributed by atoms with van der Waals surface area (Å²) < 4.78 is 16.9. The van der Waals surface area contributed by atoms with Crippen molar-refractivity contribution in [1.29, 1.82) is 0 Å². The van der Waals surface area contributed by atoms with Crippen LogP contribution in [0.15, 0.2) is 60.7 Å². The first-order valence-corrected chi connectivity index (χ1v) is 10.7. The molecule has 168 valence electrons. The molecule has 0 aliphatic rings. The summed E-state index contributed by atoms with van der Waals surface area (Å²) >= 11 is 0. The second-order valence-electron chi connectivity index (χ2n) is 7.90. The van der Waals surface area contributed by atoms with Crippen molar-refractivity contribution in [2.75, 3.05) is 12.4 Å². The van der Waals surface area contributed by atoms with Gasteiger partial charge in [-0.25, -0.2) is 0 Å². The lowest BCUT2D eigenvalue weighted by atomic mass is 10.1. The number of nitrogens with zero attached hydrogens (tertiary/aromatic N) is 1. The molecule has 0 fully saturated rings. The van der Waals surface area contributed by atoms with Gasteiger partial charge in [0.05, 0.1) is 30.6 Å². The van der Waals surface area contributed by atoms with E-state index in [1.807, 2.05) is 76.2 Å². The number of hydrogen-bond acceptors (Lipinski definition) is 5. The molecule has 1 aromatic heterocycles. The number of carbonyl (C=O) groups is 1. The summed E-state index contributed by atoms with van der Waals surface area (Å²) in [7, 11) is 1.61. The minimum Gasteiger partial charge on any atom is -0.497 e. The van der Waals surface area contributed by atoms with Crippen molar-refractivity contribution >= 4 is 11.6 Å². The highest BCUT2D eigenvalue weighted by Crippen LogP contribution is 2.27. The molecule has 0 radical (unpaired) electrons. The Hall–Kier alpha value is -3.38. The van der Waals surface area contributed by atoms with Gasteiger partial charge in [-0.2, -0.15) is 0 Å². The SMILES string of the molecule is COc1cccc(Oc2cccc(NC(=O)c3ccc(CC(C)OC(C)C)nc3C)c2)c1. The van der Waals surface area contributed by atoms with Gasteiger partial charge >= 0.3 is 0 Å². The van der Waals surface area contributed by atoms with Crippen molar-refractivity contribution in [2.24, 2.45) is 0 Å². The Morgan fingerprint density at radius 3 is 2.34 bits per heavy atom. The molecule has 1 N–H and O–H groups in total. The Bertz CT molecular complexity index is 1070. The molecule has 0 aliphatic carbocycles. The summed E-state index contributed by atoms with van der Waals surface area (Å²) in [6.07, 6.45) is 0.929. The molecule has 0 spiro atoms. The number of ether oxygens (including phenoxy) is 3. The first kappa shape index (κ1) is 23.3. The van der Waals surface area contributed by atoms with E-state index in [9.17, 15) is 4.79 Å². The van der Waals surface area contributed by atoms with Crippen molar-refractivity contribution in [3.05, 3.63) is 77.6 Å². The number of aromatic nitrogens is 1. The lowest BCUT2D eigenvalue weighted by Crippen LogP contribution is -2.18. The van der Waals surface area contributed by atoms with E-state index in [4.69, 9.17) is 14.2 Å². The largest absolute Gasteiger partial charge is 0.497 e. The number of aryl methyl sites for hydroxylation is 1. The minimum absolute atomic E-state index is 0.0638. The molecule has 6 heteroatoms. The third-order valence-corrected chi connectivity index (χ3v) is 4.76. The fourth-order valence-electron chi connectivity index (χ4n) is 3.41. The lowest BCUT2D eigenvalue weighted by molar-refractivity contribution is 0.0190. The van der Waals surface area contributed by atoms with E-state index < -0.39 is 0 Å². The summed E-state index contributed by atoms with van der Waals surface area (Å²) in [6, 6.07) is 18.3. The number of nitrogens with one attached hydrogen (secondary N) is 1. The van der Waals surface area contributed by atoms with Crippen molar-refractivity contribution in [1.82, 2.24) is 4.98 Å². The molecule has 0 bridgehead atoms. The molecule has 32 heavy (non-hydrogen) atoms. The van der Waals surface area contributed by atoms with E-state index in [1.165, 1.54) is 0 Å². The molecular weight excluding hydrogens is 404 g/mol. The smallest absolute Gasteiger partial charge is 0.257 e. The van der Waals surface area contributed by atoms with E-state index in [0.717, 1.165) is 5.69 Å². The van der Waals surface area contributed by atoms with Crippen LogP contribution in [0.1, 0.15) is 42.5 Å². The average molecular weight is 435 g/mol. The van der Waals surface area contributed by atoms with Crippen molar-refractivity contribution in [3.8, 4) is 17.2 Å². The number of hydrogen-bond donors (Lipinski definition) is 1. The van der Waals surface area contributed by atoms with Crippen LogP contribution in [0.25, 0.3) is 0 Å². The van der Waals surface area contributed by atoms with Crippen LogP contribution in [0.4, 0.5) is 5.69 Å². The summed E-state index contributed by atoms with van der Waals surface area (Å²) in [5.41, 5.74) is 2.75. The van der Waals surface area contributed by atoms with Crippen LogP contribution in [-0.4, -0.2) is 30.2 Å². The number of methoxy groups -OCH3 is 1. The summed E-state index contributed by atoms with van der Waals surface area (Å²) in [5, 5.41) is 2.93. The summed E-state index contributed by atoms with van der Waals surface area (Å²) in [4.78, 5) is 17.4. The molecule has 6 nitrogen and oxygen atoms in total. The van der Waals surface area contributed by atoms with E-state index in [0.29, 0.717) is 40.6 Å². The van der Waals surface area contributed by atoms with E-state index in [2.05, 4.69) is 10.3 Å². The van der Waals surface area contributed by atoms with E-state index >= 15 is 0 Å². The molecule has 3 rings (SSSR count). The monoisotopic (exact) mass is 434 g/mol. The van der Waals surface area contributed by atoms with Crippen LogP contribution >= 0.6 is 0 Å². The average Bonchev–Trinajstić information content (AvgIpc) is 2.73. The van der Waals surface area contributed by atoms with Crippen molar-refractivity contribution in [2.45, 2.75) is 46.3 Å². The first-order chi connectivity index (χ1) is 15.3. The van der Waals surface area contributed by atoms with Crippen LogP contribution in [0.2, 0.25) is 0 Å². The van der Waals surface area contributed by atoms with Crippen LogP contribution in [-0.2, 0) is 11.2 Å². The van der Waals surface area contributed by atoms with E-state index in [-0.39, 0.29) is 18.1 Å².